The Labute approximate surface area is 125 Å². The van der Waals surface area contributed by atoms with E-state index in [1.807, 2.05) is 23.6 Å². The van der Waals surface area contributed by atoms with E-state index in [1.54, 1.807) is 25.1 Å². The number of anilines is 1. The molecule has 0 aliphatic carbocycles. The van der Waals surface area contributed by atoms with Gasteiger partial charge >= 0.3 is 0 Å². The molecule has 3 rings (SSSR count). The number of aromatic nitrogens is 1. The first-order valence-corrected chi connectivity index (χ1v) is 7.42. The van der Waals surface area contributed by atoms with Crippen LogP contribution in [0.15, 0.2) is 46.6 Å². The molecule has 3 aromatic rings. The Bertz CT molecular complexity index is 879. The summed E-state index contributed by atoms with van der Waals surface area (Å²) in [4.78, 5) is 25.8. The van der Waals surface area contributed by atoms with Gasteiger partial charge in [-0.25, -0.2) is 4.57 Å². The summed E-state index contributed by atoms with van der Waals surface area (Å²) in [5.41, 5.74) is 7.15. The van der Waals surface area contributed by atoms with Gasteiger partial charge in [0.1, 0.15) is 0 Å². The number of hydrogen-bond acceptors (Lipinski definition) is 4. The highest BCUT2D eigenvalue weighted by Gasteiger charge is 2.14. The third-order valence-electron chi connectivity index (χ3n) is 3.36. The largest absolute Gasteiger partial charge is 0.399 e. The van der Waals surface area contributed by atoms with Gasteiger partial charge < -0.3 is 5.73 Å². The van der Waals surface area contributed by atoms with Crippen molar-refractivity contribution in [2.45, 2.75) is 13.3 Å². The van der Waals surface area contributed by atoms with E-state index in [1.165, 1.54) is 15.9 Å². The number of nitrogens with zero attached hydrogens (tertiary/aromatic N) is 1. The molecule has 0 aliphatic heterocycles. The van der Waals surface area contributed by atoms with Crippen molar-refractivity contribution >= 4 is 33.8 Å². The van der Waals surface area contributed by atoms with Crippen LogP contribution >= 0.6 is 11.3 Å². The van der Waals surface area contributed by atoms with Gasteiger partial charge in [-0.05, 0) is 42.0 Å². The van der Waals surface area contributed by atoms with Crippen LogP contribution in [-0.4, -0.2) is 10.5 Å². The molecule has 0 atom stereocenters. The summed E-state index contributed by atoms with van der Waals surface area (Å²) in [6.45, 7) is 1.72. The maximum atomic E-state index is 12.5. The second-order valence-electron chi connectivity index (χ2n) is 4.94. The second kappa shape index (κ2) is 5.18. The molecule has 106 valence electrons. The highest BCUT2D eigenvalue weighted by molar-refractivity contribution is 7.10. The Kier molecular flexibility index (Phi) is 3.35. The normalized spacial score (nSPS) is 10.9. The van der Waals surface area contributed by atoms with Gasteiger partial charge in [0.2, 0.25) is 5.91 Å². The van der Waals surface area contributed by atoms with Gasteiger partial charge in [0.05, 0.1) is 11.9 Å². The molecule has 0 amide bonds. The van der Waals surface area contributed by atoms with Gasteiger partial charge in [-0.3, -0.25) is 9.59 Å². The SMILES string of the molecule is Cc1cc2ccc(N)cc2n(C(=O)Cc2cccs2)c1=O. The van der Waals surface area contributed by atoms with E-state index in [9.17, 15) is 9.59 Å². The first kappa shape index (κ1) is 13.6. The number of pyridine rings is 1. The van der Waals surface area contributed by atoms with E-state index in [0.29, 0.717) is 16.8 Å². The molecule has 4 nitrogen and oxygen atoms in total. The summed E-state index contributed by atoms with van der Waals surface area (Å²) in [7, 11) is 0. The Balaban J connectivity index is 2.20. The van der Waals surface area contributed by atoms with Crippen LogP contribution in [0.1, 0.15) is 15.2 Å². The molecule has 2 N–H and O–H groups in total. The molecular formula is C16H14N2O2S. The zero-order chi connectivity index (χ0) is 15.0. The monoisotopic (exact) mass is 298 g/mol. The van der Waals surface area contributed by atoms with E-state index >= 15 is 0 Å². The van der Waals surface area contributed by atoms with Gasteiger partial charge in [-0.15, -0.1) is 11.3 Å². The maximum absolute atomic E-state index is 12.5. The molecule has 0 unspecified atom stereocenters. The Hall–Kier alpha value is -2.40. The Morgan fingerprint density at radius 3 is 2.81 bits per heavy atom. The zero-order valence-corrected chi connectivity index (χ0v) is 12.3. The van der Waals surface area contributed by atoms with E-state index in [2.05, 4.69) is 0 Å². The molecule has 2 aromatic heterocycles. The van der Waals surface area contributed by atoms with Crippen LogP contribution in [0.3, 0.4) is 0 Å². The number of benzene rings is 1. The molecule has 0 radical (unpaired) electrons. The van der Waals surface area contributed by atoms with Crippen LogP contribution < -0.4 is 11.3 Å². The van der Waals surface area contributed by atoms with Gasteiger partial charge in [-0.1, -0.05) is 12.1 Å². The van der Waals surface area contributed by atoms with E-state index in [0.717, 1.165) is 10.3 Å². The number of hydrogen-bond donors (Lipinski definition) is 1. The standard InChI is InChI=1S/C16H14N2O2S/c1-10-7-11-4-5-12(17)8-14(11)18(16(10)20)15(19)9-13-3-2-6-21-13/h2-8H,9,17H2,1H3. The quantitative estimate of drug-likeness (QED) is 0.740. The zero-order valence-electron chi connectivity index (χ0n) is 11.5. The molecular weight excluding hydrogens is 284 g/mol. The van der Waals surface area contributed by atoms with Crippen LogP contribution in [0.25, 0.3) is 10.9 Å². The third-order valence-corrected chi connectivity index (χ3v) is 4.24. The lowest BCUT2D eigenvalue weighted by molar-refractivity contribution is 0.0916. The number of aryl methyl sites for hydroxylation is 1. The summed E-state index contributed by atoms with van der Waals surface area (Å²) in [6.07, 6.45) is 0.213. The predicted octanol–water partition coefficient (Wildman–Crippen LogP) is 2.84. The van der Waals surface area contributed by atoms with Crippen LogP contribution in [0.2, 0.25) is 0 Å². The molecule has 5 heteroatoms. The lowest BCUT2D eigenvalue weighted by Gasteiger charge is -2.10. The van der Waals surface area contributed by atoms with Crippen molar-refractivity contribution in [2.75, 3.05) is 5.73 Å². The van der Waals surface area contributed by atoms with Crippen molar-refractivity contribution in [1.29, 1.82) is 0 Å². The minimum absolute atomic E-state index is 0.213. The van der Waals surface area contributed by atoms with Crippen molar-refractivity contribution in [1.82, 2.24) is 4.57 Å². The fraction of sp³-hybridized carbons (Fsp3) is 0.125. The van der Waals surface area contributed by atoms with Gasteiger partial charge in [0, 0.05) is 16.1 Å². The fourth-order valence-electron chi connectivity index (χ4n) is 2.35. The Morgan fingerprint density at radius 1 is 1.29 bits per heavy atom. The van der Waals surface area contributed by atoms with Crippen LogP contribution in [0, 0.1) is 6.92 Å². The topological polar surface area (TPSA) is 65.1 Å². The molecule has 1 aromatic carbocycles. The summed E-state index contributed by atoms with van der Waals surface area (Å²) < 4.78 is 1.24. The molecule has 0 saturated heterocycles. The Morgan fingerprint density at radius 2 is 2.10 bits per heavy atom. The summed E-state index contributed by atoms with van der Waals surface area (Å²) in [6, 6.07) is 10.8. The van der Waals surface area contributed by atoms with Crippen molar-refractivity contribution in [3.05, 3.63) is 62.6 Å². The van der Waals surface area contributed by atoms with Crippen LogP contribution in [0.5, 0.6) is 0 Å². The number of nitrogens with two attached hydrogens (primary N) is 1. The van der Waals surface area contributed by atoms with E-state index in [4.69, 9.17) is 5.73 Å². The van der Waals surface area contributed by atoms with Crippen molar-refractivity contribution < 1.29 is 4.79 Å². The van der Waals surface area contributed by atoms with E-state index in [-0.39, 0.29) is 17.9 Å². The number of thiophene rings is 1. The summed E-state index contributed by atoms with van der Waals surface area (Å²) in [5, 5.41) is 2.75. The van der Waals surface area contributed by atoms with Gasteiger partial charge in [-0.2, -0.15) is 0 Å². The van der Waals surface area contributed by atoms with Crippen LogP contribution in [0.4, 0.5) is 5.69 Å². The first-order valence-electron chi connectivity index (χ1n) is 6.54. The average molecular weight is 298 g/mol. The number of carbonyl (C=O) groups excluding carboxylic acids is 1. The maximum Gasteiger partial charge on any atom is 0.260 e. The number of carbonyl (C=O) groups is 1. The highest BCUT2D eigenvalue weighted by atomic mass is 32.1. The lowest BCUT2D eigenvalue weighted by Crippen LogP contribution is -2.29. The second-order valence-corrected chi connectivity index (χ2v) is 5.97. The number of rotatable bonds is 2. The number of fused-ring (bicyclic) bond motifs is 1. The number of nitrogen functional groups attached to an aromatic ring is 1. The minimum Gasteiger partial charge on any atom is -0.399 e. The molecule has 0 saturated carbocycles. The van der Waals surface area contributed by atoms with Crippen molar-refractivity contribution in [2.24, 2.45) is 0 Å². The average Bonchev–Trinajstić information content (AvgIpc) is 2.93. The van der Waals surface area contributed by atoms with Crippen LogP contribution in [-0.2, 0) is 6.42 Å². The fourth-order valence-corrected chi connectivity index (χ4v) is 3.04. The van der Waals surface area contributed by atoms with Crippen molar-refractivity contribution in [3.63, 3.8) is 0 Å². The van der Waals surface area contributed by atoms with E-state index < -0.39 is 0 Å². The lowest BCUT2D eigenvalue weighted by atomic mass is 10.1. The summed E-state index contributed by atoms with van der Waals surface area (Å²) >= 11 is 1.50. The highest BCUT2D eigenvalue weighted by Crippen LogP contribution is 2.18. The molecule has 0 bridgehead atoms. The molecule has 2 heterocycles. The molecule has 0 aliphatic rings. The van der Waals surface area contributed by atoms with Crippen molar-refractivity contribution in [3.8, 4) is 0 Å². The minimum atomic E-state index is -0.283. The smallest absolute Gasteiger partial charge is 0.260 e. The predicted molar refractivity (Wildman–Crippen MR) is 86.0 cm³/mol. The third kappa shape index (κ3) is 2.48. The molecule has 0 fully saturated rings. The molecule has 21 heavy (non-hydrogen) atoms. The molecule has 0 spiro atoms. The first-order chi connectivity index (χ1) is 10.1. The summed E-state index contributed by atoms with van der Waals surface area (Å²) in [5.74, 6) is -0.234. The van der Waals surface area contributed by atoms with Gasteiger partial charge in [0.15, 0.2) is 0 Å². The van der Waals surface area contributed by atoms with Gasteiger partial charge in [0.25, 0.3) is 5.56 Å².